The van der Waals surface area contributed by atoms with Crippen LogP contribution in [0.1, 0.15) is 35.2 Å². The Morgan fingerprint density at radius 1 is 1.10 bits per heavy atom. The van der Waals surface area contributed by atoms with Gasteiger partial charge in [0, 0.05) is 11.7 Å². The molecule has 2 nitrogen and oxygen atoms in total. The van der Waals surface area contributed by atoms with E-state index in [0.717, 1.165) is 5.69 Å². The average molecular weight is 285 g/mol. The molecule has 20 heavy (non-hydrogen) atoms. The first-order valence-electron chi connectivity index (χ1n) is 6.54. The molecule has 1 unspecified atom stereocenters. The molecule has 2 aromatic carbocycles. The van der Waals surface area contributed by atoms with Gasteiger partial charge in [0.05, 0.1) is 10.6 Å². The van der Waals surface area contributed by atoms with E-state index >= 15 is 0 Å². The van der Waals surface area contributed by atoms with Gasteiger partial charge >= 0.3 is 0 Å². The third kappa shape index (κ3) is 3.31. The number of anilines is 1. The van der Waals surface area contributed by atoms with E-state index in [1.54, 1.807) is 12.1 Å². The Balaban J connectivity index is 2.21. The summed E-state index contributed by atoms with van der Waals surface area (Å²) < 4.78 is 0. The number of halogens is 1. The molecule has 2 aromatic rings. The summed E-state index contributed by atoms with van der Waals surface area (Å²) in [6.07, 6.45) is 0. The zero-order chi connectivity index (χ0) is 14.7. The van der Waals surface area contributed by atoms with Gasteiger partial charge in [-0.25, -0.2) is 0 Å². The van der Waals surface area contributed by atoms with Gasteiger partial charge in [-0.3, -0.25) is 0 Å². The smallest absolute Gasteiger partial charge is 0.101 e. The van der Waals surface area contributed by atoms with Gasteiger partial charge in [-0.2, -0.15) is 5.26 Å². The van der Waals surface area contributed by atoms with Crippen molar-refractivity contribution >= 4 is 17.3 Å². The first kappa shape index (κ1) is 14.4. The molecular formula is C17H17ClN2. The highest BCUT2D eigenvalue weighted by Gasteiger charge is 2.08. The third-order valence-electron chi connectivity index (χ3n) is 3.22. The van der Waals surface area contributed by atoms with Crippen LogP contribution in [0.4, 0.5) is 5.69 Å². The first-order valence-corrected chi connectivity index (χ1v) is 6.92. The lowest BCUT2D eigenvalue weighted by atomic mass is 10.0. The Bertz CT molecular complexity index is 651. The molecule has 1 N–H and O–H groups in total. The third-order valence-corrected chi connectivity index (χ3v) is 3.53. The summed E-state index contributed by atoms with van der Waals surface area (Å²) in [5, 5.41) is 12.8. The minimum Gasteiger partial charge on any atom is -0.378 e. The van der Waals surface area contributed by atoms with Gasteiger partial charge in [0.1, 0.15) is 6.07 Å². The summed E-state index contributed by atoms with van der Waals surface area (Å²) in [7, 11) is 0. The highest BCUT2D eigenvalue weighted by atomic mass is 35.5. The van der Waals surface area contributed by atoms with Crippen LogP contribution in [0.5, 0.6) is 0 Å². The van der Waals surface area contributed by atoms with E-state index < -0.39 is 0 Å². The Labute approximate surface area is 125 Å². The Hall–Kier alpha value is -1.98. The summed E-state index contributed by atoms with van der Waals surface area (Å²) in [5.74, 6) is 0. The quantitative estimate of drug-likeness (QED) is 0.861. The van der Waals surface area contributed by atoms with Crippen LogP contribution in [0.2, 0.25) is 5.02 Å². The number of hydrogen-bond donors (Lipinski definition) is 1. The lowest BCUT2D eigenvalue weighted by Gasteiger charge is -2.17. The van der Waals surface area contributed by atoms with Crippen LogP contribution in [0.25, 0.3) is 0 Å². The number of rotatable bonds is 3. The predicted molar refractivity (Wildman–Crippen MR) is 84.1 cm³/mol. The number of aryl methyl sites for hydroxylation is 2. The zero-order valence-electron chi connectivity index (χ0n) is 11.9. The lowest BCUT2D eigenvalue weighted by Crippen LogP contribution is -2.07. The second-order valence-corrected chi connectivity index (χ2v) is 5.50. The fourth-order valence-corrected chi connectivity index (χ4v) is 2.51. The maximum absolute atomic E-state index is 8.88. The van der Waals surface area contributed by atoms with Crippen molar-refractivity contribution in [2.75, 3.05) is 5.32 Å². The van der Waals surface area contributed by atoms with Gasteiger partial charge < -0.3 is 5.32 Å². The van der Waals surface area contributed by atoms with E-state index in [-0.39, 0.29) is 6.04 Å². The minimum atomic E-state index is 0.178. The standard InChI is InChI=1S/C17H17ClN2/c1-11-6-12(2)8-15(7-11)13(3)20-16-5-4-14(10-19)17(18)9-16/h4-9,13,20H,1-3H3. The molecule has 0 spiro atoms. The van der Waals surface area contributed by atoms with Gasteiger partial charge in [-0.05, 0) is 44.5 Å². The van der Waals surface area contributed by atoms with E-state index in [1.165, 1.54) is 16.7 Å². The van der Waals surface area contributed by atoms with Crippen molar-refractivity contribution in [3.05, 3.63) is 63.7 Å². The molecule has 0 bridgehead atoms. The van der Waals surface area contributed by atoms with Crippen molar-refractivity contribution in [3.63, 3.8) is 0 Å². The number of benzene rings is 2. The molecule has 1 atom stereocenters. The Kier molecular flexibility index (Phi) is 4.32. The van der Waals surface area contributed by atoms with Crippen molar-refractivity contribution in [1.29, 1.82) is 5.26 Å². The van der Waals surface area contributed by atoms with Crippen LogP contribution < -0.4 is 5.32 Å². The summed E-state index contributed by atoms with van der Waals surface area (Å²) in [5.41, 5.74) is 5.16. The molecule has 0 saturated heterocycles. The summed E-state index contributed by atoms with van der Waals surface area (Å²) in [6, 6.07) is 14.2. The summed E-state index contributed by atoms with van der Waals surface area (Å²) in [6.45, 7) is 6.31. The van der Waals surface area contributed by atoms with Crippen molar-refractivity contribution in [3.8, 4) is 6.07 Å². The SMILES string of the molecule is Cc1cc(C)cc(C(C)Nc2ccc(C#N)c(Cl)c2)c1. The maximum atomic E-state index is 8.88. The summed E-state index contributed by atoms with van der Waals surface area (Å²) in [4.78, 5) is 0. The second kappa shape index (κ2) is 5.98. The molecule has 0 aliphatic rings. The van der Waals surface area contributed by atoms with E-state index in [0.29, 0.717) is 10.6 Å². The van der Waals surface area contributed by atoms with Gasteiger partial charge in [0.25, 0.3) is 0 Å². The largest absolute Gasteiger partial charge is 0.378 e. The lowest BCUT2D eigenvalue weighted by molar-refractivity contribution is 0.881. The second-order valence-electron chi connectivity index (χ2n) is 5.09. The van der Waals surface area contributed by atoms with Gasteiger partial charge in [-0.15, -0.1) is 0 Å². The molecule has 0 aliphatic heterocycles. The molecule has 2 rings (SSSR count). The van der Waals surface area contributed by atoms with Gasteiger partial charge in [0.2, 0.25) is 0 Å². The predicted octanol–water partition coefficient (Wildman–Crippen LogP) is 5.00. The fraction of sp³-hybridized carbons (Fsp3) is 0.235. The average Bonchev–Trinajstić information content (AvgIpc) is 2.37. The number of nitrogens with one attached hydrogen (secondary N) is 1. The molecule has 102 valence electrons. The Morgan fingerprint density at radius 3 is 2.30 bits per heavy atom. The molecule has 0 amide bonds. The van der Waals surface area contributed by atoms with Crippen LogP contribution in [-0.4, -0.2) is 0 Å². The Morgan fingerprint density at radius 2 is 1.75 bits per heavy atom. The van der Waals surface area contributed by atoms with E-state index in [2.05, 4.69) is 50.4 Å². The van der Waals surface area contributed by atoms with Crippen molar-refractivity contribution in [1.82, 2.24) is 0 Å². The normalized spacial score (nSPS) is 11.8. The molecule has 0 aliphatic carbocycles. The van der Waals surface area contributed by atoms with Crippen molar-refractivity contribution < 1.29 is 0 Å². The zero-order valence-corrected chi connectivity index (χ0v) is 12.6. The number of nitriles is 1. The van der Waals surface area contributed by atoms with Crippen LogP contribution in [0.3, 0.4) is 0 Å². The molecule has 0 fully saturated rings. The monoisotopic (exact) mass is 284 g/mol. The first-order chi connectivity index (χ1) is 9.49. The maximum Gasteiger partial charge on any atom is 0.101 e. The molecule has 0 aromatic heterocycles. The van der Waals surface area contributed by atoms with Crippen molar-refractivity contribution in [2.45, 2.75) is 26.8 Å². The highest BCUT2D eigenvalue weighted by Crippen LogP contribution is 2.25. The summed E-state index contributed by atoms with van der Waals surface area (Å²) >= 11 is 6.05. The van der Waals surface area contributed by atoms with Crippen molar-refractivity contribution in [2.24, 2.45) is 0 Å². The molecule has 0 saturated carbocycles. The van der Waals surface area contributed by atoms with E-state index in [4.69, 9.17) is 16.9 Å². The van der Waals surface area contributed by atoms with Gasteiger partial charge in [0.15, 0.2) is 0 Å². The van der Waals surface area contributed by atoms with Crippen LogP contribution in [0.15, 0.2) is 36.4 Å². The van der Waals surface area contributed by atoms with E-state index in [1.807, 2.05) is 6.07 Å². The fourth-order valence-electron chi connectivity index (χ4n) is 2.29. The number of hydrogen-bond acceptors (Lipinski definition) is 2. The molecular weight excluding hydrogens is 268 g/mol. The number of nitrogens with zero attached hydrogens (tertiary/aromatic N) is 1. The molecule has 3 heteroatoms. The van der Waals surface area contributed by atoms with E-state index in [9.17, 15) is 0 Å². The van der Waals surface area contributed by atoms with Crippen LogP contribution in [0, 0.1) is 25.2 Å². The molecule has 0 radical (unpaired) electrons. The van der Waals surface area contributed by atoms with Crippen LogP contribution in [-0.2, 0) is 0 Å². The topological polar surface area (TPSA) is 35.8 Å². The van der Waals surface area contributed by atoms with Gasteiger partial charge in [-0.1, -0.05) is 40.9 Å². The minimum absolute atomic E-state index is 0.178. The highest BCUT2D eigenvalue weighted by molar-refractivity contribution is 6.32. The molecule has 0 heterocycles. The van der Waals surface area contributed by atoms with Crippen LogP contribution >= 0.6 is 11.6 Å².